The van der Waals surface area contributed by atoms with Crippen LogP contribution in [0.4, 0.5) is 5.69 Å². The van der Waals surface area contributed by atoms with Crippen LogP contribution in [0.1, 0.15) is 28.8 Å². The molecule has 8 heteroatoms. The molecule has 1 aliphatic carbocycles. The van der Waals surface area contributed by atoms with E-state index in [0.717, 1.165) is 38.0 Å². The summed E-state index contributed by atoms with van der Waals surface area (Å²) in [4.78, 5) is 3.89. The molecule has 0 amide bonds. The number of aliphatic hydroxyl groups is 1. The van der Waals surface area contributed by atoms with E-state index in [-0.39, 0.29) is 24.2 Å². The molecule has 1 saturated heterocycles. The smallest absolute Gasteiger partial charge is 0.234 e. The summed E-state index contributed by atoms with van der Waals surface area (Å²) in [5.74, 6) is 0.151. The lowest BCUT2D eigenvalue weighted by molar-refractivity contribution is -0.0912. The van der Waals surface area contributed by atoms with E-state index < -0.39 is 15.6 Å². The van der Waals surface area contributed by atoms with Crippen LogP contribution in [0.3, 0.4) is 0 Å². The van der Waals surface area contributed by atoms with E-state index in [0.29, 0.717) is 5.69 Å². The van der Waals surface area contributed by atoms with Gasteiger partial charge in [0.25, 0.3) is 0 Å². The van der Waals surface area contributed by atoms with Gasteiger partial charge in [0, 0.05) is 53.8 Å². The van der Waals surface area contributed by atoms with Crippen molar-refractivity contribution in [3.8, 4) is 0 Å². The van der Waals surface area contributed by atoms with E-state index >= 15 is 0 Å². The molecule has 0 radical (unpaired) electrons. The predicted molar refractivity (Wildman–Crippen MR) is 138 cm³/mol. The van der Waals surface area contributed by atoms with Crippen LogP contribution in [0.25, 0.3) is 10.1 Å². The van der Waals surface area contributed by atoms with Crippen molar-refractivity contribution in [2.45, 2.75) is 31.9 Å². The quantitative estimate of drug-likeness (QED) is 0.481. The number of piperidine rings is 1. The number of hydrogen-bond donors (Lipinski definition) is 2. The molecule has 2 heterocycles. The molecular weight excluding hydrogens is 468 g/mol. The Labute approximate surface area is 205 Å². The molecule has 1 saturated carbocycles. The first-order valence-electron chi connectivity index (χ1n) is 11.8. The van der Waals surface area contributed by atoms with E-state index in [1.54, 1.807) is 6.07 Å². The first-order chi connectivity index (χ1) is 16.3. The number of hydrogen-bond acceptors (Lipinski definition) is 6. The molecule has 2 atom stereocenters. The van der Waals surface area contributed by atoms with Crippen molar-refractivity contribution >= 4 is 37.1 Å². The fourth-order valence-corrected chi connectivity index (χ4v) is 8.00. The molecule has 2 N–H and O–H groups in total. The Balaban J connectivity index is 1.34. The molecule has 3 aromatic rings. The van der Waals surface area contributed by atoms with Crippen molar-refractivity contribution in [2.75, 3.05) is 37.3 Å². The second-order valence-electron chi connectivity index (χ2n) is 9.63. The highest BCUT2D eigenvalue weighted by molar-refractivity contribution is 7.92. The number of nitrogens with one attached hydrogen (secondary N) is 1. The van der Waals surface area contributed by atoms with Gasteiger partial charge in [-0.2, -0.15) is 0 Å². The van der Waals surface area contributed by atoms with Gasteiger partial charge in [0.05, 0.1) is 18.0 Å². The average molecular weight is 501 g/mol. The molecule has 2 unspecified atom stereocenters. The van der Waals surface area contributed by atoms with Crippen molar-refractivity contribution < 1.29 is 18.3 Å². The predicted octanol–water partition coefficient (Wildman–Crippen LogP) is 4.33. The average Bonchev–Trinajstić information content (AvgIpc) is 3.19. The largest absolute Gasteiger partial charge is 0.384 e. The fraction of sp³-hybridized carbons (Fsp3) is 0.462. The third-order valence-electron chi connectivity index (χ3n) is 7.53. The Bertz CT molecular complexity index is 1270. The van der Waals surface area contributed by atoms with Crippen LogP contribution in [-0.2, 0) is 26.9 Å². The number of fused-ring (bicyclic) bond motifs is 3. The Kier molecular flexibility index (Phi) is 6.46. The van der Waals surface area contributed by atoms with E-state index in [9.17, 15) is 13.5 Å². The maximum absolute atomic E-state index is 12.3. The molecule has 2 fully saturated rings. The van der Waals surface area contributed by atoms with E-state index in [1.807, 2.05) is 29.5 Å². The molecule has 34 heavy (non-hydrogen) atoms. The topological polar surface area (TPSA) is 78.9 Å². The number of rotatable bonds is 8. The number of nitrogens with zero attached hydrogens (tertiary/aromatic N) is 1. The number of benzene rings is 2. The van der Waals surface area contributed by atoms with Crippen molar-refractivity contribution in [1.29, 1.82) is 0 Å². The summed E-state index contributed by atoms with van der Waals surface area (Å²) in [6, 6.07) is 15.9. The first kappa shape index (κ1) is 23.8. The van der Waals surface area contributed by atoms with Crippen LogP contribution in [0, 0.1) is 18.8 Å². The Hall–Kier alpha value is -1.97. The molecule has 2 bridgehead atoms. The normalized spacial score (nSPS) is 25.1. The summed E-state index contributed by atoms with van der Waals surface area (Å²) < 4.78 is 33.5. The van der Waals surface area contributed by atoms with Gasteiger partial charge < -0.3 is 9.84 Å². The zero-order valence-electron chi connectivity index (χ0n) is 19.7. The van der Waals surface area contributed by atoms with Crippen molar-refractivity contribution in [3.05, 3.63) is 64.5 Å². The van der Waals surface area contributed by atoms with Crippen LogP contribution in [0.15, 0.2) is 48.5 Å². The third kappa shape index (κ3) is 4.38. The summed E-state index contributed by atoms with van der Waals surface area (Å²) in [6.45, 7) is 4.93. The van der Waals surface area contributed by atoms with Gasteiger partial charge in [-0.15, -0.1) is 11.3 Å². The Morgan fingerprint density at radius 3 is 2.59 bits per heavy atom. The molecule has 2 aromatic carbocycles. The lowest BCUT2D eigenvalue weighted by Crippen LogP contribution is -2.51. The van der Waals surface area contributed by atoms with Crippen molar-refractivity contribution in [1.82, 2.24) is 4.90 Å². The third-order valence-corrected chi connectivity index (χ3v) is 10.0. The summed E-state index contributed by atoms with van der Waals surface area (Å²) >= 11 is 1.87. The van der Waals surface area contributed by atoms with Crippen molar-refractivity contribution in [3.63, 3.8) is 0 Å². The second-order valence-corrected chi connectivity index (χ2v) is 12.6. The zero-order valence-corrected chi connectivity index (χ0v) is 21.3. The van der Waals surface area contributed by atoms with Crippen LogP contribution in [0.5, 0.6) is 0 Å². The number of anilines is 1. The van der Waals surface area contributed by atoms with Crippen molar-refractivity contribution in [2.24, 2.45) is 11.8 Å². The fourth-order valence-electron chi connectivity index (χ4n) is 5.77. The van der Waals surface area contributed by atoms with Crippen LogP contribution in [0.2, 0.25) is 0 Å². The highest BCUT2D eigenvalue weighted by Gasteiger charge is 2.53. The highest BCUT2D eigenvalue weighted by Crippen LogP contribution is 2.52. The van der Waals surface area contributed by atoms with Gasteiger partial charge in [0.2, 0.25) is 10.0 Å². The molecule has 1 aromatic heterocycles. The van der Waals surface area contributed by atoms with E-state index in [1.165, 1.54) is 27.6 Å². The lowest BCUT2D eigenvalue weighted by atomic mass is 9.75. The van der Waals surface area contributed by atoms with Gasteiger partial charge in [-0.25, -0.2) is 8.42 Å². The van der Waals surface area contributed by atoms with Crippen LogP contribution < -0.4 is 4.72 Å². The highest BCUT2D eigenvalue weighted by atomic mass is 32.2. The summed E-state index contributed by atoms with van der Waals surface area (Å²) in [7, 11) is -2.02. The van der Waals surface area contributed by atoms with Gasteiger partial charge in [-0.1, -0.05) is 30.3 Å². The maximum Gasteiger partial charge on any atom is 0.234 e. The number of methoxy groups -OCH3 is 1. The lowest BCUT2D eigenvalue weighted by Gasteiger charge is -2.45. The molecule has 5 rings (SSSR count). The van der Waals surface area contributed by atoms with Crippen LogP contribution in [-0.4, -0.2) is 51.0 Å². The SMILES string of the molecule is COCCS(=O)(=O)Nc1cccc(C2(O)C3CCC2CN(Cc2sc4ccccc4c2C)C3)c1. The summed E-state index contributed by atoms with van der Waals surface area (Å²) in [5.41, 5.74) is 1.73. The zero-order chi connectivity index (χ0) is 23.9. The standard InChI is InChI=1S/C26H32N2O4S2/c1-18-23-8-3-4-9-24(23)33-25(18)17-28-15-20-10-11-21(16-28)26(20,29)19-6-5-7-22(14-19)27-34(30,31)13-12-32-2/h3-9,14,20-21,27,29H,10-13,15-17H2,1-2H3. The monoisotopic (exact) mass is 500 g/mol. The maximum atomic E-state index is 12.3. The first-order valence-corrected chi connectivity index (χ1v) is 14.3. The second kappa shape index (κ2) is 9.24. The number of thiophene rings is 1. The molecule has 0 spiro atoms. The Morgan fingerprint density at radius 1 is 1.15 bits per heavy atom. The minimum atomic E-state index is -3.50. The van der Waals surface area contributed by atoms with Gasteiger partial charge in [0.15, 0.2) is 0 Å². The number of likely N-dealkylation sites (tertiary alicyclic amines) is 1. The Morgan fingerprint density at radius 2 is 1.88 bits per heavy atom. The van der Waals surface area contributed by atoms with Gasteiger partial charge in [-0.05, 0) is 54.5 Å². The molecule has 182 valence electrons. The van der Waals surface area contributed by atoms with E-state index in [2.05, 4.69) is 40.8 Å². The van der Waals surface area contributed by atoms with Gasteiger partial charge in [-0.3, -0.25) is 9.62 Å². The minimum absolute atomic E-state index is 0.102. The molecule has 6 nitrogen and oxygen atoms in total. The number of aryl methyl sites for hydroxylation is 1. The number of sulfonamides is 1. The van der Waals surface area contributed by atoms with Crippen LogP contribution >= 0.6 is 11.3 Å². The molecular formula is C26H32N2O4S2. The minimum Gasteiger partial charge on any atom is -0.384 e. The number of ether oxygens (including phenoxy) is 1. The van der Waals surface area contributed by atoms with Gasteiger partial charge in [0.1, 0.15) is 0 Å². The summed E-state index contributed by atoms with van der Waals surface area (Å²) in [6.07, 6.45) is 1.96. The summed E-state index contributed by atoms with van der Waals surface area (Å²) in [5, 5.41) is 13.3. The molecule has 2 aliphatic rings. The van der Waals surface area contributed by atoms with Gasteiger partial charge >= 0.3 is 0 Å². The van der Waals surface area contributed by atoms with E-state index in [4.69, 9.17) is 4.74 Å². The molecule has 1 aliphatic heterocycles.